The van der Waals surface area contributed by atoms with Crippen LogP contribution in [0.4, 0.5) is 0 Å². The lowest BCUT2D eigenvalue weighted by molar-refractivity contribution is 0.408. The minimum Gasteiger partial charge on any atom is -0.321 e. The Morgan fingerprint density at radius 2 is 1.57 bits per heavy atom. The van der Waals surface area contributed by atoms with Crippen molar-refractivity contribution in [3.63, 3.8) is 0 Å². The van der Waals surface area contributed by atoms with Gasteiger partial charge in [-0.05, 0) is 59.0 Å². The molecule has 3 aromatic carbocycles. The van der Waals surface area contributed by atoms with E-state index in [0.29, 0.717) is 12.0 Å². The molecule has 1 heterocycles. The molecule has 0 radical (unpaired) electrons. The summed E-state index contributed by atoms with van der Waals surface area (Å²) in [5.41, 5.74) is 3.93. The van der Waals surface area contributed by atoms with Gasteiger partial charge < -0.3 is 4.98 Å². The molecule has 1 aromatic heterocycles. The number of fused-ring (bicyclic) bond motifs is 1. The molecular formula is C29H32N2O3S. The van der Waals surface area contributed by atoms with Gasteiger partial charge >= 0.3 is 0 Å². The van der Waals surface area contributed by atoms with Crippen LogP contribution in [0, 0.1) is 6.92 Å². The fourth-order valence-electron chi connectivity index (χ4n) is 4.19. The summed E-state index contributed by atoms with van der Waals surface area (Å²) in [6, 6.07) is 24.4. The number of aromatic amines is 1. The molecule has 0 fully saturated rings. The molecule has 4 aromatic rings. The molecule has 0 saturated heterocycles. The monoisotopic (exact) mass is 488 g/mol. The van der Waals surface area contributed by atoms with Crippen LogP contribution in [-0.2, 0) is 28.4 Å². The third-order valence-electron chi connectivity index (χ3n) is 6.36. The van der Waals surface area contributed by atoms with E-state index in [-0.39, 0.29) is 29.0 Å². The Balaban J connectivity index is 1.71. The molecule has 0 aliphatic rings. The van der Waals surface area contributed by atoms with Crippen LogP contribution in [0.25, 0.3) is 10.9 Å². The van der Waals surface area contributed by atoms with Crippen LogP contribution in [-0.4, -0.2) is 24.3 Å². The van der Waals surface area contributed by atoms with Crippen LogP contribution in [0.1, 0.15) is 43.0 Å². The molecule has 0 unspecified atom stereocenters. The molecule has 0 atom stereocenters. The maximum atomic E-state index is 13.8. The molecule has 182 valence electrons. The molecule has 0 aliphatic carbocycles. The van der Waals surface area contributed by atoms with Crippen molar-refractivity contribution in [1.82, 2.24) is 9.29 Å². The molecule has 0 saturated carbocycles. The number of benzene rings is 3. The minimum absolute atomic E-state index is 0.00456. The van der Waals surface area contributed by atoms with E-state index in [1.54, 1.807) is 18.2 Å². The van der Waals surface area contributed by atoms with Crippen molar-refractivity contribution >= 4 is 20.9 Å². The average molecular weight is 489 g/mol. The summed E-state index contributed by atoms with van der Waals surface area (Å²) in [6.07, 6.45) is 0.546. The SMILES string of the molecule is Cc1cccc2cc(CN(CCc3ccccc3)S(=O)(=O)c3ccc(C(C)(C)C)cc3)c(=O)[nH]c12. The summed E-state index contributed by atoms with van der Waals surface area (Å²) in [4.78, 5) is 16.1. The minimum atomic E-state index is -3.83. The van der Waals surface area contributed by atoms with Gasteiger partial charge in [0.15, 0.2) is 0 Å². The first-order chi connectivity index (χ1) is 16.6. The fraction of sp³-hybridized carbons (Fsp3) is 0.276. The fourth-order valence-corrected chi connectivity index (χ4v) is 5.61. The summed E-state index contributed by atoms with van der Waals surface area (Å²) >= 11 is 0. The zero-order valence-electron chi connectivity index (χ0n) is 20.7. The number of H-pyrrole nitrogens is 1. The Hall–Kier alpha value is -3.22. The number of pyridine rings is 1. The standard InChI is InChI=1S/C29H32N2O3S/c1-21-9-8-12-23-19-24(28(32)30-27(21)23)20-31(18-17-22-10-6-5-7-11-22)35(33,34)26-15-13-25(14-16-26)29(2,3)4/h5-16,19H,17-18,20H2,1-4H3,(H,30,32). The Kier molecular flexibility index (Phi) is 6.97. The van der Waals surface area contributed by atoms with E-state index >= 15 is 0 Å². The Morgan fingerprint density at radius 1 is 0.886 bits per heavy atom. The average Bonchev–Trinajstić information content (AvgIpc) is 2.82. The topological polar surface area (TPSA) is 70.2 Å². The van der Waals surface area contributed by atoms with Crippen molar-refractivity contribution in [1.29, 1.82) is 0 Å². The van der Waals surface area contributed by atoms with Gasteiger partial charge in [-0.1, -0.05) is 81.4 Å². The van der Waals surface area contributed by atoms with E-state index in [2.05, 4.69) is 25.8 Å². The molecule has 4 rings (SSSR count). The lowest BCUT2D eigenvalue weighted by Gasteiger charge is -2.24. The van der Waals surface area contributed by atoms with Gasteiger partial charge in [0.25, 0.3) is 5.56 Å². The molecule has 0 spiro atoms. The van der Waals surface area contributed by atoms with E-state index in [1.807, 2.05) is 67.6 Å². The van der Waals surface area contributed by atoms with Crippen molar-refractivity contribution < 1.29 is 8.42 Å². The molecule has 0 aliphatic heterocycles. The predicted octanol–water partition coefficient (Wildman–Crippen LogP) is 5.57. The van der Waals surface area contributed by atoms with Crippen molar-refractivity contribution in [2.24, 2.45) is 0 Å². The number of para-hydroxylation sites is 1. The summed E-state index contributed by atoms with van der Waals surface area (Å²) in [5.74, 6) is 0. The number of nitrogens with zero attached hydrogens (tertiary/aromatic N) is 1. The zero-order chi connectivity index (χ0) is 25.2. The van der Waals surface area contributed by atoms with Gasteiger partial charge in [-0.25, -0.2) is 8.42 Å². The third-order valence-corrected chi connectivity index (χ3v) is 8.22. The summed E-state index contributed by atoms with van der Waals surface area (Å²) in [5, 5.41) is 0.884. The maximum Gasteiger partial charge on any atom is 0.252 e. The number of nitrogens with one attached hydrogen (secondary N) is 1. The summed E-state index contributed by atoms with van der Waals surface area (Å²) < 4.78 is 28.9. The van der Waals surface area contributed by atoms with E-state index in [0.717, 1.165) is 27.6 Å². The van der Waals surface area contributed by atoms with Crippen molar-refractivity contribution in [2.45, 2.75) is 51.0 Å². The van der Waals surface area contributed by atoms with Gasteiger partial charge in [0, 0.05) is 18.7 Å². The quantitative estimate of drug-likeness (QED) is 0.370. The maximum absolute atomic E-state index is 13.8. The number of rotatable bonds is 7. The smallest absolute Gasteiger partial charge is 0.252 e. The normalized spacial score (nSPS) is 12.4. The highest BCUT2D eigenvalue weighted by atomic mass is 32.2. The van der Waals surface area contributed by atoms with E-state index in [1.165, 1.54) is 4.31 Å². The van der Waals surface area contributed by atoms with Gasteiger partial charge in [-0.15, -0.1) is 0 Å². The Bertz CT molecular complexity index is 1480. The van der Waals surface area contributed by atoms with Crippen LogP contribution in [0.15, 0.2) is 88.6 Å². The highest BCUT2D eigenvalue weighted by Crippen LogP contribution is 2.26. The van der Waals surface area contributed by atoms with E-state index in [4.69, 9.17) is 0 Å². The Labute approximate surface area is 207 Å². The molecule has 0 bridgehead atoms. The second-order valence-corrected chi connectivity index (χ2v) is 11.9. The Morgan fingerprint density at radius 3 is 2.23 bits per heavy atom. The predicted molar refractivity (Wildman–Crippen MR) is 142 cm³/mol. The van der Waals surface area contributed by atoms with Crippen LogP contribution < -0.4 is 5.56 Å². The van der Waals surface area contributed by atoms with Crippen LogP contribution >= 0.6 is 0 Å². The van der Waals surface area contributed by atoms with Crippen LogP contribution in [0.5, 0.6) is 0 Å². The molecule has 6 heteroatoms. The van der Waals surface area contributed by atoms with Crippen molar-refractivity contribution in [2.75, 3.05) is 6.54 Å². The second kappa shape index (κ2) is 9.80. The lowest BCUT2D eigenvalue weighted by Crippen LogP contribution is -2.34. The third kappa shape index (κ3) is 5.55. The number of hydrogen-bond acceptors (Lipinski definition) is 3. The van der Waals surface area contributed by atoms with Crippen LogP contribution in [0.2, 0.25) is 0 Å². The number of aryl methyl sites for hydroxylation is 1. The first-order valence-electron chi connectivity index (χ1n) is 11.8. The zero-order valence-corrected chi connectivity index (χ0v) is 21.5. The van der Waals surface area contributed by atoms with Gasteiger partial charge in [-0.3, -0.25) is 4.79 Å². The van der Waals surface area contributed by atoms with Gasteiger partial charge in [0.2, 0.25) is 10.0 Å². The van der Waals surface area contributed by atoms with Crippen LogP contribution in [0.3, 0.4) is 0 Å². The molecule has 35 heavy (non-hydrogen) atoms. The lowest BCUT2D eigenvalue weighted by atomic mass is 9.87. The second-order valence-electron chi connectivity index (χ2n) is 10.0. The summed E-state index contributed by atoms with van der Waals surface area (Å²) in [6.45, 7) is 8.48. The molecule has 5 nitrogen and oxygen atoms in total. The van der Waals surface area contributed by atoms with Gasteiger partial charge in [0.05, 0.1) is 10.4 Å². The molecule has 1 N–H and O–H groups in total. The van der Waals surface area contributed by atoms with Gasteiger partial charge in [-0.2, -0.15) is 4.31 Å². The molecule has 0 amide bonds. The first-order valence-corrected chi connectivity index (χ1v) is 13.3. The number of sulfonamides is 1. The highest BCUT2D eigenvalue weighted by Gasteiger charge is 2.26. The van der Waals surface area contributed by atoms with Crippen molar-refractivity contribution in [3.8, 4) is 0 Å². The molecular weight excluding hydrogens is 456 g/mol. The number of aromatic nitrogens is 1. The number of hydrogen-bond donors (Lipinski definition) is 1. The van der Waals surface area contributed by atoms with E-state index < -0.39 is 10.0 Å². The van der Waals surface area contributed by atoms with Crippen molar-refractivity contribution in [3.05, 3.63) is 111 Å². The highest BCUT2D eigenvalue weighted by molar-refractivity contribution is 7.89. The van der Waals surface area contributed by atoms with Gasteiger partial charge in [0.1, 0.15) is 0 Å². The van der Waals surface area contributed by atoms with E-state index in [9.17, 15) is 13.2 Å². The summed E-state index contributed by atoms with van der Waals surface area (Å²) in [7, 11) is -3.83. The first kappa shape index (κ1) is 24.9. The largest absolute Gasteiger partial charge is 0.321 e.